The van der Waals surface area contributed by atoms with Gasteiger partial charge in [-0.1, -0.05) is 0 Å². The topological polar surface area (TPSA) is 406 Å². The zero-order chi connectivity index (χ0) is 34.1. The van der Waals surface area contributed by atoms with Crippen LogP contribution in [0.1, 0.15) is 0 Å². The summed E-state index contributed by atoms with van der Waals surface area (Å²) in [5.41, 5.74) is 0. The first-order valence-electron chi connectivity index (χ1n) is 10.2. The molecule has 0 atom stereocenters. The van der Waals surface area contributed by atoms with Gasteiger partial charge in [-0.05, 0) is 0 Å². The minimum atomic E-state index is -4.44. The Kier molecular flexibility index (Phi) is 28.7. The Bertz CT molecular complexity index is 911. The largest absolute Gasteiger partial charge is 0.480 e. The van der Waals surface area contributed by atoms with Gasteiger partial charge in [0.15, 0.2) is 0 Å². The Hall–Kier alpha value is -1.81. The van der Waals surface area contributed by atoms with E-state index in [-0.39, 0.29) is 34.1 Å². The summed E-state index contributed by atoms with van der Waals surface area (Å²) in [4.78, 5) is 114. The summed E-state index contributed by atoms with van der Waals surface area (Å²) in [6.45, 7) is -4.35. The molecule has 0 radical (unpaired) electrons. The van der Waals surface area contributed by atoms with Gasteiger partial charge in [0.25, 0.3) is 0 Å². The second kappa shape index (κ2) is 24.4. The molecule has 0 fully saturated rings. The van der Waals surface area contributed by atoms with Gasteiger partial charge in [-0.25, -0.2) is 0 Å². The fourth-order valence-electron chi connectivity index (χ4n) is 2.40. The molecule has 0 unspecified atom stereocenters. The van der Waals surface area contributed by atoms with Crippen LogP contribution in [0.2, 0.25) is 0 Å². The third-order valence-corrected chi connectivity index (χ3v) is 5.61. The van der Waals surface area contributed by atoms with E-state index >= 15 is 0 Å². The molecular weight excluding hydrogens is 763 g/mol. The van der Waals surface area contributed by atoms with Crippen LogP contribution in [0.5, 0.6) is 0 Å². The molecule has 0 saturated carbocycles. The average molecular weight is 793 g/mol. The number of carboxylic acid groups (broad SMARTS) is 6. The summed E-state index contributed by atoms with van der Waals surface area (Å²) in [6, 6.07) is 0. The zero-order valence-corrected chi connectivity index (χ0v) is 26.7. The third kappa shape index (κ3) is 44.6. The molecular formula is C15H30Fe2N3O21P3. The Balaban J connectivity index is -0.000000169. The summed E-state index contributed by atoms with van der Waals surface area (Å²) in [5.74, 6) is -8.08. The minimum absolute atomic E-state index is 0. The molecule has 262 valence electrons. The van der Waals surface area contributed by atoms with Crippen molar-refractivity contribution in [3.63, 3.8) is 0 Å². The predicted molar refractivity (Wildman–Crippen MR) is 131 cm³/mol. The van der Waals surface area contributed by atoms with Gasteiger partial charge < -0.3 is 60.0 Å². The molecule has 0 rings (SSSR count). The summed E-state index contributed by atoms with van der Waals surface area (Å²) in [5, 5.41) is 49.8. The Labute approximate surface area is 267 Å². The normalized spacial score (nSPS) is 11.1. The predicted octanol–water partition coefficient (Wildman–Crippen LogP) is -4.23. The van der Waals surface area contributed by atoms with Crippen molar-refractivity contribution in [2.75, 3.05) is 58.1 Å². The van der Waals surface area contributed by atoms with E-state index in [0.717, 1.165) is 0 Å². The van der Waals surface area contributed by atoms with Crippen LogP contribution < -0.4 is 0 Å². The van der Waals surface area contributed by atoms with Crippen LogP contribution in [0.25, 0.3) is 0 Å². The Morgan fingerprint density at radius 3 is 0.545 bits per heavy atom. The molecule has 0 heterocycles. The zero-order valence-electron chi connectivity index (χ0n) is 21.8. The third-order valence-electron chi connectivity index (χ3n) is 3.31. The van der Waals surface area contributed by atoms with Crippen molar-refractivity contribution in [3.8, 4) is 0 Å². The van der Waals surface area contributed by atoms with Gasteiger partial charge in [-0.3, -0.25) is 57.2 Å². The van der Waals surface area contributed by atoms with Crippen molar-refractivity contribution in [1.29, 1.82) is 0 Å². The van der Waals surface area contributed by atoms with E-state index in [2.05, 4.69) is 0 Å². The molecule has 0 amide bonds. The number of carbonyl (C=O) groups is 6. The molecule has 44 heavy (non-hydrogen) atoms. The molecule has 0 bridgehead atoms. The quantitative estimate of drug-likeness (QED) is 0.0462. The minimum Gasteiger partial charge on any atom is -0.480 e. The van der Waals surface area contributed by atoms with Crippen molar-refractivity contribution < 1.29 is 137 Å². The van der Waals surface area contributed by atoms with E-state index in [1.807, 2.05) is 0 Å². The van der Waals surface area contributed by atoms with Crippen molar-refractivity contribution in [2.24, 2.45) is 0 Å². The van der Waals surface area contributed by atoms with Gasteiger partial charge in [0.1, 0.15) is 18.9 Å². The molecule has 12 N–H and O–H groups in total. The second-order valence-corrected chi connectivity index (χ2v) is 12.6. The van der Waals surface area contributed by atoms with E-state index in [1.54, 1.807) is 0 Å². The number of rotatable bonds is 18. The van der Waals surface area contributed by atoms with Crippen LogP contribution in [-0.2, 0) is 76.6 Å². The van der Waals surface area contributed by atoms with Gasteiger partial charge in [0.05, 0.1) is 39.3 Å². The summed E-state index contributed by atoms with van der Waals surface area (Å²) < 4.78 is 31.4. The number of hydrogen-bond donors (Lipinski definition) is 12. The molecule has 0 aromatic carbocycles. The standard InChI is InChI=1S/3C5H10NO7P.2Fe/c3*7-4(8)1-6(2-5(9)10)3-14(11,12)13;;/h3*1-3H2,(H,7,8)(H,9,10)(H2,11,12,13);;. The molecule has 0 saturated heterocycles. The van der Waals surface area contributed by atoms with Gasteiger partial charge >= 0.3 is 58.6 Å². The first-order valence-corrected chi connectivity index (χ1v) is 15.6. The van der Waals surface area contributed by atoms with Crippen LogP contribution in [0.3, 0.4) is 0 Å². The fourth-order valence-corrected chi connectivity index (χ4v) is 4.56. The fraction of sp³-hybridized carbons (Fsp3) is 0.600. The van der Waals surface area contributed by atoms with Crippen LogP contribution >= 0.6 is 22.8 Å². The molecule has 29 heteroatoms. The van der Waals surface area contributed by atoms with E-state index in [4.69, 9.17) is 60.0 Å². The molecule has 0 spiro atoms. The maximum Gasteiger partial charge on any atom is 0.339 e. The Morgan fingerprint density at radius 1 is 0.364 bits per heavy atom. The maximum atomic E-state index is 10.5. The van der Waals surface area contributed by atoms with Crippen LogP contribution in [-0.4, -0.2) is 169 Å². The smallest absolute Gasteiger partial charge is 0.339 e. The summed E-state index contributed by atoms with van der Waals surface area (Å²) in [7, 11) is -13.3. The number of nitrogens with zero attached hydrogens (tertiary/aromatic N) is 3. The van der Waals surface area contributed by atoms with Gasteiger partial charge in [0, 0.05) is 34.1 Å². The van der Waals surface area contributed by atoms with Crippen LogP contribution in [0, 0.1) is 0 Å². The van der Waals surface area contributed by atoms with E-state index in [1.165, 1.54) is 0 Å². The van der Waals surface area contributed by atoms with Crippen molar-refractivity contribution >= 4 is 58.6 Å². The van der Waals surface area contributed by atoms with Gasteiger partial charge in [0.2, 0.25) is 0 Å². The van der Waals surface area contributed by atoms with Crippen LogP contribution in [0.4, 0.5) is 0 Å². The molecule has 24 nitrogen and oxygen atoms in total. The molecule has 0 aromatic rings. The monoisotopic (exact) mass is 793 g/mol. The van der Waals surface area contributed by atoms with Crippen LogP contribution in [0.15, 0.2) is 0 Å². The average Bonchev–Trinajstić information content (AvgIpc) is 2.61. The van der Waals surface area contributed by atoms with Crippen molar-refractivity contribution in [2.45, 2.75) is 0 Å². The van der Waals surface area contributed by atoms with E-state index in [0.29, 0.717) is 14.7 Å². The van der Waals surface area contributed by atoms with E-state index < -0.39 is 117 Å². The van der Waals surface area contributed by atoms with Crippen molar-refractivity contribution in [1.82, 2.24) is 14.7 Å². The van der Waals surface area contributed by atoms with Gasteiger partial charge in [-0.2, -0.15) is 0 Å². The number of aliphatic carboxylic acids is 6. The molecule has 0 aromatic heterocycles. The number of carboxylic acids is 6. The molecule has 0 aliphatic heterocycles. The molecule has 0 aliphatic rings. The van der Waals surface area contributed by atoms with Gasteiger partial charge in [-0.15, -0.1) is 0 Å². The number of hydrogen-bond acceptors (Lipinski definition) is 12. The molecule has 0 aliphatic carbocycles. The first kappa shape index (κ1) is 51.8. The van der Waals surface area contributed by atoms with Crippen molar-refractivity contribution in [3.05, 3.63) is 0 Å². The first-order chi connectivity index (χ1) is 18.6. The maximum absolute atomic E-state index is 10.5. The Morgan fingerprint density at radius 2 is 0.477 bits per heavy atom. The summed E-state index contributed by atoms with van der Waals surface area (Å²) in [6.07, 6.45) is -2.65. The van der Waals surface area contributed by atoms with E-state index in [9.17, 15) is 42.5 Å². The second-order valence-electron chi connectivity index (χ2n) is 7.74. The SMILES string of the molecule is O=C(O)CN(CC(=O)O)CP(=O)(O)O.O=C(O)CN(CC(=O)O)CP(=O)(O)O.O=C(O)CN(CC(=O)O)CP(=O)(O)O.[Fe].[Fe]. The summed E-state index contributed by atoms with van der Waals surface area (Å²) >= 11 is 0.